The van der Waals surface area contributed by atoms with Crippen LogP contribution in [0.3, 0.4) is 0 Å². The van der Waals surface area contributed by atoms with Crippen LogP contribution >= 0.6 is 15.9 Å². The Kier molecular flexibility index (Phi) is 4.42. The van der Waals surface area contributed by atoms with Crippen LogP contribution in [0.15, 0.2) is 22.7 Å². The second kappa shape index (κ2) is 5.37. The Morgan fingerprint density at radius 2 is 2.21 bits per heavy atom. The highest BCUT2D eigenvalue weighted by Gasteiger charge is 2.06. The van der Waals surface area contributed by atoms with E-state index in [-0.39, 0.29) is 6.23 Å². The first-order valence-electron chi connectivity index (χ1n) is 4.78. The zero-order chi connectivity index (χ0) is 10.6. The van der Waals surface area contributed by atoms with E-state index in [2.05, 4.69) is 34.2 Å². The normalized spacial score (nSPS) is 12.6. The van der Waals surface area contributed by atoms with E-state index in [1.54, 1.807) is 0 Å². The van der Waals surface area contributed by atoms with Gasteiger partial charge in [0.1, 0.15) is 6.23 Å². The number of hydrogen-bond donors (Lipinski definition) is 1. The van der Waals surface area contributed by atoms with E-state index in [1.165, 1.54) is 5.56 Å². The van der Waals surface area contributed by atoms with Crippen LogP contribution in [0.2, 0.25) is 0 Å². The van der Waals surface area contributed by atoms with E-state index >= 15 is 0 Å². The fraction of sp³-hybridized carbons (Fsp3) is 0.455. The second-order valence-electron chi connectivity index (χ2n) is 3.17. The lowest BCUT2D eigenvalue weighted by atomic mass is 10.2. The number of anilines is 1. The standard InChI is InChI=1S/C11H16BrNO/c1-4-14-9(3)13-11-8(2)6-5-7-10(11)12/h5-7,9,13H,4H2,1-3H3. The minimum Gasteiger partial charge on any atom is -0.359 e. The number of ether oxygens (including phenoxy) is 1. The van der Waals surface area contributed by atoms with Gasteiger partial charge in [-0.25, -0.2) is 0 Å². The summed E-state index contributed by atoms with van der Waals surface area (Å²) in [5.41, 5.74) is 2.32. The Bertz CT molecular complexity index is 281. The highest BCUT2D eigenvalue weighted by molar-refractivity contribution is 9.10. The maximum absolute atomic E-state index is 5.42. The van der Waals surface area contributed by atoms with Crippen LogP contribution in [0.4, 0.5) is 5.69 Å². The molecule has 0 aliphatic rings. The van der Waals surface area contributed by atoms with E-state index < -0.39 is 0 Å². The maximum atomic E-state index is 5.42. The first kappa shape index (κ1) is 11.5. The van der Waals surface area contributed by atoms with Crippen LogP contribution in [0.25, 0.3) is 0 Å². The van der Waals surface area contributed by atoms with Gasteiger partial charge in [0.15, 0.2) is 0 Å². The molecule has 0 aliphatic heterocycles. The van der Waals surface area contributed by atoms with Crippen molar-refractivity contribution >= 4 is 21.6 Å². The zero-order valence-electron chi connectivity index (χ0n) is 8.80. The topological polar surface area (TPSA) is 21.3 Å². The molecule has 2 nitrogen and oxygen atoms in total. The summed E-state index contributed by atoms with van der Waals surface area (Å²) in [6.07, 6.45) is 0.0393. The molecular weight excluding hydrogens is 242 g/mol. The van der Waals surface area contributed by atoms with E-state index in [4.69, 9.17) is 4.74 Å². The average Bonchev–Trinajstić information content (AvgIpc) is 2.12. The van der Waals surface area contributed by atoms with Gasteiger partial charge in [-0.05, 0) is 48.3 Å². The van der Waals surface area contributed by atoms with Crippen LogP contribution in [0.1, 0.15) is 19.4 Å². The van der Waals surface area contributed by atoms with E-state index in [0.717, 1.165) is 16.8 Å². The summed E-state index contributed by atoms with van der Waals surface area (Å²) in [6, 6.07) is 6.12. The van der Waals surface area contributed by atoms with E-state index in [1.807, 2.05) is 26.0 Å². The van der Waals surface area contributed by atoms with Crippen molar-refractivity contribution in [1.82, 2.24) is 0 Å². The highest BCUT2D eigenvalue weighted by Crippen LogP contribution is 2.26. The van der Waals surface area contributed by atoms with Crippen molar-refractivity contribution in [2.75, 3.05) is 11.9 Å². The highest BCUT2D eigenvalue weighted by atomic mass is 79.9. The molecule has 1 unspecified atom stereocenters. The Balaban J connectivity index is 2.75. The number of rotatable bonds is 4. The molecule has 0 amide bonds. The largest absolute Gasteiger partial charge is 0.359 e. The van der Waals surface area contributed by atoms with Gasteiger partial charge in [0.25, 0.3) is 0 Å². The number of halogens is 1. The lowest BCUT2D eigenvalue weighted by Crippen LogP contribution is -2.19. The summed E-state index contributed by atoms with van der Waals surface area (Å²) in [5, 5.41) is 3.31. The minimum absolute atomic E-state index is 0.0393. The molecule has 0 aliphatic carbocycles. The summed E-state index contributed by atoms with van der Waals surface area (Å²) in [5.74, 6) is 0. The number of hydrogen-bond acceptors (Lipinski definition) is 2. The van der Waals surface area contributed by atoms with Gasteiger partial charge in [-0.2, -0.15) is 0 Å². The Morgan fingerprint density at radius 1 is 1.50 bits per heavy atom. The molecule has 0 fully saturated rings. The molecule has 0 spiro atoms. The molecule has 14 heavy (non-hydrogen) atoms. The van der Waals surface area contributed by atoms with Gasteiger partial charge in [0, 0.05) is 11.1 Å². The monoisotopic (exact) mass is 257 g/mol. The first-order chi connectivity index (χ1) is 6.65. The molecule has 1 aromatic carbocycles. The van der Waals surface area contributed by atoms with E-state index in [0.29, 0.717) is 0 Å². The van der Waals surface area contributed by atoms with Crippen LogP contribution < -0.4 is 5.32 Å². The van der Waals surface area contributed by atoms with Crippen molar-refractivity contribution in [1.29, 1.82) is 0 Å². The third-order valence-electron chi connectivity index (χ3n) is 1.99. The zero-order valence-corrected chi connectivity index (χ0v) is 10.4. The summed E-state index contributed by atoms with van der Waals surface area (Å²) >= 11 is 3.51. The van der Waals surface area contributed by atoms with Crippen LogP contribution in [0.5, 0.6) is 0 Å². The maximum Gasteiger partial charge on any atom is 0.124 e. The smallest absolute Gasteiger partial charge is 0.124 e. The quantitative estimate of drug-likeness (QED) is 0.834. The van der Waals surface area contributed by atoms with Crippen LogP contribution in [-0.4, -0.2) is 12.8 Å². The van der Waals surface area contributed by atoms with Gasteiger partial charge in [0.05, 0.1) is 5.69 Å². The number of nitrogens with one attached hydrogen (secondary N) is 1. The predicted octanol–water partition coefficient (Wildman–Crippen LogP) is 3.55. The molecule has 1 N–H and O–H groups in total. The number of aryl methyl sites for hydroxylation is 1. The molecule has 0 aromatic heterocycles. The molecule has 3 heteroatoms. The summed E-state index contributed by atoms with van der Waals surface area (Å²) in [7, 11) is 0. The van der Waals surface area contributed by atoms with Crippen molar-refractivity contribution in [2.24, 2.45) is 0 Å². The fourth-order valence-electron chi connectivity index (χ4n) is 1.31. The molecule has 1 aromatic rings. The van der Waals surface area contributed by atoms with Crippen molar-refractivity contribution in [3.8, 4) is 0 Å². The third kappa shape index (κ3) is 3.00. The van der Waals surface area contributed by atoms with Crippen LogP contribution in [-0.2, 0) is 4.74 Å². The molecule has 0 radical (unpaired) electrons. The molecule has 0 saturated heterocycles. The molecule has 0 heterocycles. The van der Waals surface area contributed by atoms with Gasteiger partial charge in [-0.15, -0.1) is 0 Å². The Labute approximate surface area is 93.8 Å². The minimum atomic E-state index is 0.0393. The predicted molar refractivity (Wildman–Crippen MR) is 63.6 cm³/mol. The molecular formula is C11H16BrNO. The van der Waals surface area contributed by atoms with Crippen LogP contribution in [0, 0.1) is 6.92 Å². The molecule has 1 atom stereocenters. The average molecular weight is 258 g/mol. The number of para-hydroxylation sites is 1. The van der Waals surface area contributed by atoms with Crippen molar-refractivity contribution < 1.29 is 4.74 Å². The summed E-state index contributed by atoms with van der Waals surface area (Å²) in [6.45, 7) is 6.79. The second-order valence-corrected chi connectivity index (χ2v) is 4.03. The summed E-state index contributed by atoms with van der Waals surface area (Å²) in [4.78, 5) is 0. The van der Waals surface area contributed by atoms with Gasteiger partial charge in [-0.1, -0.05) is 12.1 Å². The first-order valence-corrected chi connectivity index (χ1v) is 5.57. The van der Waals surface area contributed by atoms with Crippen molar-refractivity contribution in [2.45, 2.75) is 27.0 Å². The molecule has 0 bridgehead atoms. The summed E-state index contributed by atoms with van der Waals surface area (Å²) < 4.78 is 6.50. The lowest BCUT2D eigenvalue weighted by molar-refractivity contribution is 0.0960. The SMILES string of the molecule is CCOC(C)Nc1c(C)cccc1Br. The Morgan fingerprint density at radius 3 is 2.79 bits per heavy atom. The fourth-order valence-corrected chi connectivity index (χ4v) is 1.89. The third-order valence-corrected chi connectivity index (χ3v) is 2.65. The molecule has 1 rings (SSSR count). The molecule has 0 saturated carbocycles. The van der Waals surface area contributed by atoms with Gasteiger partial charge in [0.2, 0.25) is 0 Å². The number of benzene rings is 1. The van der Waals surface area contributed by atoms with Gasteiger partial charge < -0.3 is 10.1 Å². The van der Waals surface area contributed by atoms with Gasteiger partial charge >= 0.3 is 0 Å². The van der Waals surface area contributed by atoms with E-state index in [9.17, 15) is 0 Å². The lowest BCUT2D eigenvalue weighted by Gasteiger charge is -2.17. The van der Waals surface area contributed by atoms with Crippen molar-refractivity contribution in [3.63, 3.8) is 0 Å². The van der Waals surface area contributed by atoms with Crippen molar-refractivity contribution in [3.05, 3.63) is 28.2 Å². The molecule has 78 valence electrons. The Hall–Kier alpha value is -0.540. The van der Waals surface area contributed by atoms with Gasteiger partial charge in [-0.3, -0.25) is 0 Å².